The zero-order chi connectivity index (χ0) is 28.0. The van der Waals surface area contributed by atoms with Gasteiger partial charge in [-0.3, -0.25) is 0 Å². The summed E-state index contributed by atoms with van der Waals surface area (Å²) in [4.78, 5) is 0. The number of ether oxygens (including phenoxy) is 2. The average molecular weight is 549 g/mol. The van der Waals surface area contributed by atoms with Gasteiger partial charge in [-0.1, -0.05) is 6.07 Å². The van der Waals surface area contributed by atoms with Gasteiger partial charge in [-0.25, -0.2) is 0 Å². The van der Waals surface area contributed by atoms with Crippen LogP contribution in [0.15, 0.2) is 54.6 Å². The van der Waals surface area contributed by atoms with E-state index in [-0.39, 0.29) is 36.4 Å². The molecule has 0 aliphatic heterocycles. The summed E-state index contributed by atoms with van der Waals surface area (Å²) in [5.41, 5.74) is -1.78. The summed E-state index contributed by atoms with van der Waals surface area (Å²) >= 11 is 0. The van der Waals surface area contributed by atoms with Crippen molar-refractivity contribution >= 4 is 5.69 Å². The van der Waals surface area contributed by atoms with Crippen LogP contribution in [0, 0.1) is 0 Å². The maximum absolute atomic E-state index is 13.1. The molecular formula is C22H11F12NO2. The van der Waals surface area contributed by atoms with Crippen LogP contribution >= 0.6 is 0 Å². The van der Waals surface area contributed by atoms with Crippen LogP contribution in [0.5, 0.6) is 23.0 Å². The van der Waals surface area contributed by atoms with Crippen molar-refractivity contribution in [1.82, 2.24) is 0 Å². The highest BCUT2D eigenvalue weighted by Gasteiger charge is 2.39. The molecule has 3 aromatic carbocycles. The van der Waals surface area contributed by atoms with Gasteiger partial charge >= 0.3 is 24.7 Å². The molecule has 0 heterocycles. The van der Waals surface area contributed by atoms with Gasteiger partial charge in [0.25, 0.3) is 0 Å². The Morgan fingerprint density at radius 3 is 1.19 bits per heavy atom. The molecule has 3 aromatic rings. The molecule has 200 valence electrons. The van der Waals surface area contributed by atoms with Crippen LogP contribution in [-0.4, -0.2) is 0 Å². The zero-order valence-electron chi connectivity index (χ0n) is 17.6. The summed E-state index contributed by atoms with van der Waals surface area (Å²) in [7, 11) is 0. The molecule has 0 saturated carbocycles. The molecular weight excluding hydrogens is 538 g/mol. The fraction of sp³-hybridized carbons (Fsp3) is 0.182. The van der Waals surface area contributed by atoms with Crippen molar-refractivity contribution in [2.24, 2.45) is 0 Å². The number of hydrogen-bond donors (Lipinski definition) is 1. The summed E-state index contributed by atoms with van der Waals surface area (Å²) in [5.74, 6) is -3.51. The fourth-order valence-corrected chi connectivity index (χ4v) is 2.94. The van der Waals surface area contributed by atoms with Crippen LogP contribution in [0.25, 0.3) is 0 Å². The van der Waals surface area contributed by atoms with Crippen molar-refractivity contribution in [3.8, 4) is 23.0 Å². The number of para-hydroxylation sites is 1. The van der Waals surface area contributed by atoms with Crippen molar-refractivity contribution in [2.45, 2.75) is 24.7 Å². The van der Waals surface area contributed by atoms with E-state index in [1.807, 2.05) is 0 Å². The second kappa shape index (κ2) is 9.27. The van der Waals surface area contributed by atoms with Crippen LogP contribution in [0.2, 0.25) is 0 Å². The van der Waals surface area contributed by atoms with E-state index in [9.17, 15) is 52.7 Å². The smallest absolute Gasteiger partial charge is 0.416 e. The second-order valence-electron chi connectivity index (χ2n) is 7.36. The van der Waals surface area contributed by atoms with E-state index in [1.165, 1.54) is 0 Å². The lowest BCUT2D eigenvalue weighted by Gasteiger charge is -2.18. The molecule has 0 fully saturated rings. The Morgan fingerprint density at radius 2 is 0.838 bits per heavy atom. The minimum absolute atomic E-state index is 0.176. The predicted molar refractivity (Wildman–Crippen MR) is 104 cm³/mol. The van der Waals surface area contributed by atoms with Crippen LogP contribution in [0.3, 0.4) is 0 Å². The van der Waals surface area contributed by atoms with Gasteiger partial charge in [0.1, 0.15) is 11.5 Å². The summed E-state index contributed by atoms with van der Waals surface area (Å²) in [6.07, 6.45) is -20.9. The van der Waals surface area contributed by atoms with Gasteiger partial charge in [0, 0.05) is 0 Å². The fourth-order valence-electron chi connectivity index (χ4n) is 2.94. The highest BCUT2D eigenvalue weighted by molar-refractivity contribution is 5.62. The number of halogens is 12. The van der Waals surface area contributed by atoms with Gasteiger partial charge in [-0.2, -0.15) is 52.7 Å². The molecule has 37 heavy (non-hydrogen) atoms. The van der Waals surface area contributed by atoms with Crippen LogP contribution < -0.4 is 15.2 Å². The monoisotopic (exact) mass is 549 g/mol. The Labute approximate surface area is 199 Å². The van der Waals surface area contributed by atoms with Gasteiger partial charge in [0.15, 0.2) is 11.5 Å². The summed E-state index contributed by atoms with van der Waals surface area (Å²) in [5, 5.41) is 0. The van der Waals surface area contributed by atoms with Crippen LogP contribution in [0.1, 0.15) is 22.3 Å². The highest BCUT2D eigenvalue weighted by Crippen LogP contribution is 2.45. The number of benzene rings is 3. The molecule has 15 heteroatoms. The summed E-state index contributed by atoms with van der Waals surface area (Å²) in [6.45, 7) is 0. The normalized spacial score (nSPS) is 13.0. The molecule has 3 nitrogen and oxygen atoms in total. The lowest BCUT2D eigenvalue weighted by molar-refractivity contribution is -0.144. The quantitative estimate of drug-likeness (QED) is 0.261. The van der Waals surface area contributed by atoms with E-state index in [0.29, 0.717) is 0 Å². The molecule has 0 amide bonds. The van der Waals surface area contributed by atoms with Gasteiger partial charge in [0.2, 0.25) is 0 Å². The van der Waals surface area contributed by atoms with Crippen molar-refractivity contribution in [3.63, 3.8) is 0 Å². The predicted octanol–water partition coefficient (Wildman–Crippen LogP) is 8.93. The molecule has 2 N–H and O–H groups in total. The van der Waals surface area contributed by atoms with Gasteiger partial charge in [-0.05, 0) is 48.5 Å². The minimum atomic E-state index is -5.23. The first-order valence-electron chi connectivity index (χ1n) is 9.58. The molecule has 0 spiro atoms. The van der Waals surface area contributed by atoms with E-state index >= 15 is 0 Å². The van der Waals surface area contributed by atoms with Crippen molar-refractivity contribution < 1.29 is 62.2 Å². The van der Waals surface area contributed by atoms with E-state index in [1.54, 1.807) is 0 Å². The molecule has 0 saturated heterocycles. The SMILES string of the molecule is Nc1cccc(Oc2cc(C(F)(F)F)cc(C(F)(F)F)c2)c1Oc1cc(C(F)(F)F)cc(C(F)(F)F)c1. The van der Waals surface area contributed by atoms with Crippen molar-refractivity contribution in [3.05, 3.63) is 76.9 Å². The zero-order valence-corrected chi connectivity index (χ0v) is 17.6. The van der Waals surface area contributed by atoms with E-state index in [4.69, 9.17) is 15.2 Å². The Balaban J connectivity index is 2.10. The highest BCUT2D eigenvalue weighted by atomic mass is 19.4. The third kappa shape index (κ3) is 6.71. The lowest BCUT2D eigenvalue weighted by Crippen LogP contribution is -2.11. The van der Waals surface area contributed by atoms with E-state index < -0.39 is 75.6 Å². The third-order valence-electron chi connectivity index (χ3n) is 4.58. The molecule has 0 radical (unpaired) electrons. The summed E-state index contributed by atoms with van der Waals surface area (Å²) < 4.78 is 168. The Hall–Kier alpha value is -3.78. The van der Waals surface area contributed by atoms with Gasteiger partial charge in [-0.15, -0.1) is 0 Å². The van der Waals surface area contributed by atoms with Crippen LogP contribution in [0.4, 0.5) is 58.4 Å². The molecule has 0 aliphatic carbocycles. The van der Waals surface area contributed by atoms with E-state index in [0.717, 1.165) is 18.2 Å². The average Bonchev–Trinajstić information content (AvgIpc) is 2.73. The Morgan fingerprint density at radius 1 is 0.486 bits per heavy atom. The number of rotatable bonds is 4. The number of anilines is 1. The maximum Gasteiger partial charge on any atom is 0.416 e. The number of alkyl halides is 12. The Kier molecular flexibility index (Phi) is 6.96. The molecule has 0 aliphatic rings. The van der Waals surface area contributed by atoms with Crippen molar-refractivity contribution in [1.29, 1.82) is 0 Å². The van der Waals surface area contributed by atoms with E-state index in [2.05, 4.69) is 0 Å². The first-order chi connectivity index (χ1) is 16.7. The number of nitrogens with two attached hydrogens (primary N) is 1. The minimum Gasteiger partial charge on any atom is -0.453 e. The third-order valence-corrected chi connectivity index (χ3v) is 4.58. The van der Waals surface area contributed by atoms with Gasteiger partial charge in [0.05, 0.1) is 27.9 Å². The first kappa shape index (κ1) is 27.8. The molecule has 0 atom stereocenters. The van der Waals surface area contributed by atoms with Crippen LogP contribution in [-0.2, 0) is 24.7 Å². The molecule has 0 aromatic heterocycles. The Bertz CT molecular complexity index is 1230. The van der Waals surface area contributed by atoms with Gasteiger partial charge < -0.3 is 15.2 Å². The lowest BCUT2D eigenvalue weighted by atomic mass is 10.1. The second-order valence-corrected chi connectivity index (χ2v) is 7.36. The largest absolute Gasteiger partial charge is 0.453 e. The standard InChI is InChI=1S/C22H11F12NO2/c23-19(24,25)10-4-11(20(26,27)28)7-14(6-10)36-17-3-1-2-16(35)18(17)37-15-8-12(21(29,30)31)5-13(9-15)22(32,33)34/h1-9H,35H2. The molecule has 0 unspecified atom stereocenters. The van der Waals surface area contributed by atoms with Crippen molar-refractivity contribution in [2.75, 3.05) is 5.73 Å². The summed E-state index contributed by atoms with van der Waals surface area (Å²) in [6, 6.07) is 3.50. The molecule has 0 bridgehead atoms. The first-order valence-corrected chi connectivity index (χ1v) is 9.58. The number of nitrogen functional groups attached to an aromatic ring is 1. The maximum atomic E-state index is 13.1. The molecule has 3 rings (SSSR count). The number of hydrogen-bond acceptors (Lipinski definition) is 3. The topological polar surface area (TPSA) is 44.5 Å².